The summed E-state index contributed by atoms with van der Waals surface area (Å²) in [4.78, 5) is 7.15. The van der Waals surface area contributed by atoms with Crippen LogP contribution in [0.2, 0.25) is 0 Å². The molecule has 0 N–H and O–H groups in total. The van der Waals surface area contributed by atoms with Crippen LogP contribution in [0.25, 0.3) is 21.7 Å². The second kappa shape index (κ2) is 4.78. The predicted octanol–water partition coefficient (Wildman–Crippen LogP) is 4.38. The molecule has 2 heteroatoms. The molecule has 0 bridgehead atoms. The fourth-order valence-electron chi connectivity index (χ4n) is 3.28. The number of anilines is 1. The SMILES string of the molecule is c1ccc2c(c1)ccc1c(N3CCCCC3)ccnc12. The van der Waals surface area contributed by atoms with Gasteiger partial charge in [0.25, 0.3) is 0 Å². The first-order valence-corrected chi connectivity index (χ1v) is 7.45. The second-order valence-electron chi connectivity index (χ2n) is 5.56. The van der Waals surface area contributed by atoms with E-state index in [2.05, 4.69) is 52.3 Å². The minimum Gasteiger partial charge on any atom is -0.371 e. The minimum atomic E-state index is 1.13. The van der Waals surface area contributed by atoms with E-state index >= 15 is 0 Å². The molecule has 0 amide bonds. The first kappa shape index (κ1) is 11.7. The molecule has 1 fully saturated rings. The molecule has 0 unspecified atom stereocenters. The lowest BCUT2D eigenvalue weighted by atomic mass is 10.0. The molecule has 1 aliphatic heterocycles. The summed E-state index contributed by atoms with van der Waals surface area (Å²) in [6, 6.07) is 15.1. The summed E-state index contributed by atoms with van der Waals surface area (Å²) in [5, 5.41) is 3.81. The molecule has 2 heterocycles. The van der Waals surface area contributed by atoms with Gasteiger partial charge in [-0.15, -0.1) is 0 Å². The first-order valence-electron chi connectivity index (χ1n) is 7.45. The van der Waals surface area contributed by atoms with Crippen LogP contribution in [0.1, 0.15) is 19.3 Å². The average molecular weight is 262 g/mol. The zero-order valence-corrected chi connectivity index (χ0v) is 11.5. The molecule has 20 heavy (non-hydrogen) atoms. The Morgan fingerprint density at radius 3 is 2.55 bits per heavy atom. The summed E-state index contributed by atoms with van der Waals surface area (Å²) in [5.74, 6) is 0. The molecule has 2 nitrogen and oxygen atoms in total. The topological polar surface area (TPSA) is 16.1 Å². The molecule has 100 valence electrons. The minimum absolute atomic E-state index is 1.13. The summed E-state index contributed by atoms with van der Waals surface area (Å²) < 4.78 is 0. The van der Waals surface area contributed by atoms with Crippen molar-refractivity contribution < 1.29 is 0 Å². The molecule has 0 radical (unpaired) electrons. The molecule has 0 spiro atoms. The zero-order chi connectivity index (χ0) is 13.4. The maximum atomic E-state index is 4.64. The van der Waals surface area contributed by atoms with Crippen LogP contribution in [0.4, 0.5) is 5.69 Å². The standard InChI is InChI=1S/C18H18N2/c1-4-12-20(13-5-1)17-10-11-19-18-15-7-3-2-6-14(15)8-9-16(17)18/h2-3,6-11H,1,4-5,12-13H2. The number of nitrogens with zero attached hydrogens (tertiary/aromatic N) is 2. The number of hydrogen-bond donors (Lipinski definition) is 0. The highest BCUT2D eigenvalue weighted by Crippen LogP contribution is 2.31. The van der Waals surface area contributed by atoms with Gasteiger partial charge in [0.05, 0.1) is 5.52 Å². The molecule has 4 rings (SSSR count). The van der Waals surface area contributed by atoms with Crippen molar-refractivity contribution in [2.45, 2.75) is 19.3 Å². The fourth-order valence-corrected chi connectivity index (χ4v) is 3.28. The van der Waals surface area contributed by atoms with Gasteiger partial charge in [0, 0.05) is 35.7 Å². The Kier molecular flexibility index (Phi) is 2.80. The summed E-state index contributed by atoms with van der Waals surface area (Å²) in [6.07, 6.45) is 5.93. The molecule has 0 atom stereocenters. The van der Waals surface area contributed by atoms with E-state index in [4.69, 9.17) is 0 Å². The number of pyridine rings is 1. The van der Waals surface area contributed by atoms with Gasteiger partial charge in [0.15, 0.2) is 0 Å². The lowest BCUT2D eigenvalue weighted by molar-refractivity contribution is 0.579. The van der Waals surface area contributed by atoms with E-state index in [1.807, 2.05) is 6.20 Å². The summed E-state index contributed by atoms with van der Waals surface area (Å²) >= 11 is 0. The lowest BCUT2D eigenvalue weighted by Crippen LogP contribution is -2.29. The number of aromatic nitrogens is 1. The largest absolute Gasteiger partial charge is 0.371 e. The van der Waals surface area contributed by atoms with Gasteiger partial charge >= 0.3 is 0 Å². The van der Waals surface area contributed by atoms with Gasteiger partial charge in [0.1, 0.15) is 0 Å². The Labute approximate surface area is 119 Å². The quantitative estimate of drug-likeness (QED) is 0.605. The molecule has 0 saturated carbocycles. The molecular formula is C18H18N2. The van der Waals surface area contributed by atoms with Crippen molar-refractivity contribution in [2.75, 3.05) is 18.0 Å². The van der Waals surface area contributed by atoms with Crippen molar-refractivity contribution in [2.24, 2.45) is 0 Å². The number of hydrogen-bond acceptors (Lipinski definition) is 2. The van der Waals surface area contributed by atoms with E-state index in [1.165, 1.54) is 54.2 Å². The monoisotopic (exact) mass is 262 g/mol. The Morgan fingerprint density at radius 2 is 1.65 bits per heavy atom. The van der Waals surface area contributed by atoms with E-state index in [1.54, 1.807) is 0 Å². The van der Waals surface area contributed by atoms with E-state index in [-0.39, 0.29) is 0 Å². The molecule has 0 aliphatic carbocycles. The Balaban J connectivity index is 1.96. The smallest absolute Gasteiger partial charge is 0.0801 e. The number of benzene rings is 2. The van der Waals surface area contributed by atoms with Crippen molar-refractivity contribution >= 4 is 27.4 Å². The van der Waals surface area contributed by atoms with Crippen molar-refractivity contribution in [3.8, 4) is 0 Å². The highest BCUT2D eigenvalue weighted by atomic mass is 15.1. The number of fused-ring (bicyclic) bond motifs is 3. The third kappa shape index (κ3) is 1.83. The molecular weight excluding hydrogens is 244 g/mol. The third-order valence-corrected chi connectivity index (χ3v) is 4.31. The van der Waals surface area contributed by atoms with Crippen LogP contribution in [0.5, 0.6) is 0 Å². The molecule has 1 aromatic heterocycles. The van der Waals surface area contributed by atoms with Crippen LogP contribution < -0.4 is 4.90 Å². The number of piperidine rings is 1. The van der Waals surface area contributed by atoms with Gasteiger partial charge in [-0.1, -0.05) is 36.4 Å². The Morgan fingerprint density at radius 1 is 0.800 bits per heavy atom. The Bertz CT molecular complexity index is 758. The van der Waals surface area contributed by atoms with Crippen molar-refractivity contribution in [3.05, 3.63) is 48.7 Å². The van der Waals surface area contributed by atoms with Gasteiger partial charge in [-0.25, -0.2) is 0 Å². The predicted molar refractivity (Wildman–Crippen MR) is 85.3 cm³/mol. The maximum absolute atomic E-state index is 4.64. The average Bonchev–Trinajstić information content (AvgIpc) is 2.55. The molecule has 3 aromatic rings. The van der Waals surface area contributed by atoms with Crippen molar-refractivity contribution in [1.29, 1.82) is 0 Å². The van der Waals surface area contributed by atoms with Crippen LogP contribution in [0, 0.1) is 0 Å². The third-order valence-electron chi connectivity index (χ3n) is 4.31. The molecule has 2 aromatic carbocycles. The van der Waals surface area contributed by atoms with Gasteiger partial charge < -0.3 is 4.90 Å². The Hall–Kier alpha value is -2.09. The van der Waals surface area contributed by atoms with Crippen LogP contribution in [-0.2, 0) is 0 Å². The zero-order valence-electron chi connectivity index (χ0n) is 11.5. The van der Waals surface area contributed by atoms with Gasteiger partial charge in [0.2, 0.25) is 0 Å². The highest BCUT2D eigenvalue weighted by Gasteiger charge is 2.14. The van der Waals surface area contributed by atoms with E-state index in [9.17, 15) is 0 Å². The molecule has 1 saturated heterocycles. The van der Waals surface area contributed by atoms with E-state index in [0.717, 1.165) is 5.52 Å². The summed E-state index contributed by atoms with van der Waals surface area (Å²) in [7, 11) is 0. The molecule has 1 aliphatic rings. The van der Waals surface area contributed by atoms with Crippen LogP contribution in [0.3, 0.4) is 0 Å². The maximum Gasteiger partial charge on any atom is 0.0801 e. The number of rotatable bonds is 1. The van der Waals surface area contributed by atoms with E-state index in [0.29, 0.717) is 0 Å². The normalized spacial score (nSPS) is 15.9. The second-order valence-corrected chi connectivity index (χ2v) is 5.56. The first-order chi connectivity index (χ1) is 9.93. The van der Waals surface area contributed by atoms with Crippen LogP contribution in [0.15, 0.2) is 48.7 Å². The van der Waals surface area contributed by atoms with Gasteiger partial charge in [-0.2, -0.15) is 0 Å². The van der Waals surface area contributed by atoms with Crippen molar-refractivity contribution in [1.82, 2.24) is 4.98 Å². The van der Waals surface area contributed by atoms with Gasteiger partial charge in [-0.05, 0) is 30.7 Å². The van der Waals surface area contributed by atoms with E-state index < -0.39 is 0 Å². The summed E-state index contributed by atoms with van der Waals surface area (Å²) in [6.45, 7) is 2.35. The fraction of sp³-hybridized carbons (Fsp3) is 0.278. The van der Waals surface area contributed by atoms with Crippen LogP contribution in [-0.4, -0.2) is 18.1 Å². The summed E-state index contributed by atoms with van der Waals surface area (Å²) in [5.41, 5.74) is 2.48. The van der Waals surface area contributed by atoms with Crippen molar-refractivity contribution in [3.63, 3.8) is 0 Å². The van der Waals surface area contributed by atoms with Gasteiger partial charge in [-0.3, -0.25) is 4.98 Å². The highest BCUT2D eigenvalue weighted by molar-refractivity contribution is 6.09. The van der Waals surface area contributed by atoms with Crippen LogP contribution >= 0.6 is 0 Å². The lowest BCUT2D eigenvalue weighted by Gasteiger charge is -2.29.